The Balaban J connectivity index is 1.45. The third kappa shape index (κ3) is 3.83. The van der Waals surface area contributed by atoms with Gasteiger partial charge in [-0.1, -0.05) is 0 Å². The topological polar surface area (TPSA) is 58.2 Å². The summed E-state index contributed by atoms with van der Waals surface area (Å²) < 4.78 is 6.83. The van der Waals surface area contributed by atoms with Gasteiger partial charge in [-0.25, -0.2) is 9.78 Å². The van der Waals surface area contributed by atoms with Crippen molar-refractivity contribution in [3.05, 3.63) is 27.6 Å². The van der Waals surface area contributed by atoms with Gasteiger partial charge in [-0.2, -0.15) is 0 Å². The predicted molar refractivity (Wildman–Crippen MR) is 111 cm³/mol. The number of thioether (sulfide) groups is 2. The number of imidazole rings is 1. The van der Waals surface area contributed by atoms with E-state index < -0.39 is 5.60 Å². The van der Waals surface area contributed by atoms with Gasteiger partial charge in [0.2, 0.25) is 0 Å². The summed E-state index contributed by atoms with van der Waals surface area (Å²) in [6.07, 6.45) is 7.10. The molecule has 1 N–H and O–H groups in total. The Kier molecular flexibility index (Phi) is 5.11. The number of amides is 1. The number of hydrogen-bond donors (Lipinski definition) is 1. The molecule has 3 unspecified atom stereocenters. The monoisotopic (exact) mass is 457 g/mol. The zero-order chi connectivity index (χ0) is 18.5. The largest absolute Gasteiger partial charge is 0.444 e. The van der Waals surface area contributed by atoms with Gasteiger partial charge in [0.25, 0.3) is 0 Å². The van der Waals surface area contributed by atoms with Crippen LogP contribution in [0.4, 0.5) is 4.79 Å². The fourth-order valence-corrected chi connectivity index (χ4v) is 7.96. The Hall–Kier alpha value is -0.600. The van der Waals surface area contributed by atoms with E-state index in [-0.39, 0.29) is 12.1 Å². The molecule has 2 fully saturated rings. The molecule has 0 saturated carbocycles. The van der Waals surface area contributed by atoms with Gasteiger partial charge in [-0.3, -0.25) is 4.90 Å². The molecule has 4 rings (SSSR count). The first kappa shape index (κ1) is 18.7. The zero-order valence-electron chi connectivity index (χ0n) is 15.2. The molecule has 142 valence electrons. The lowest BCUT2D eigenvalue weighted by atomic mass is 10.1. The molecule has 2 saturated heterocycles. The first-order valence-corrected chi connectivity index (χ1v) is 11.7. The van der Waals surface area contributed by atoms with Crippen LogP contribution in [-0.4, -0.2) is 43.6 Å². The Morgan fingerprint density at radius 2 is 2.27 bits per heavy atom. The highest BCUT2D eigenvalue weighted by atomic mass is 79.9. The SMILES string of the molecule is CC(C)(C)OC(=O)N1CCC[C@H]1c1ncc(C2CC3SC(Br)=CC3S2)[nH]1. The van der Waals surface area contributed by atoms with Gasteiger partial charge in [0, 0.05) is 38.0 Å². The minimum absolute atomic E-state index is 0.00656. The summed E-state index contributed by atoms with van der Waals surface area (Å²) in [4.78, 5) is 22.5. The van der Waals surface area contributed by atoms with Crippen molar-refractivity contribution >= 4 is 45.5 Å². The summed E-state index contributed by atoms with van der Waals surface area (Å²) in [6, 6.07) is -0.00656. The highest BCUT2D eigenvalue weighted by molar-refractivity contribution is 9.14. The maximum Gasteiger partial charge on any atom is 0.410 e. The van der Waals surface area contributed by atoms with Crippen molar-refractivity contribution in [2.75, 3.05) is 6.54 Å². The summed E-state index contributed by atoms with van der Waals surface area (Å²) in [7, 11) is 0. The highest BCUT2D eigenvalue weighted by Gasteiger charge is 2.40. The predicted octanol–water partition coefficient (Wildman–Crippen LogP) is 5.38. The summed E-state index contributed by atoms with van der Waals surface area (Å²) >= 11 is 7.54. The van der Waals surface area contributed by atoms with Gasteiger partial charge >= 0.3 is 6.09 Å². The minimum Gasteiger partial charge on any atom is -0.444 e. The molecule has 4 atom stereocenters. The van der Waals surface area contributed by atoms with Gasteiger partial charge < -0.3 is 9.72 Å². The number of ether oxygens (including phenoxy) is 1. The number of carbonyl (C=O) groups excluding carboxylic acids is 1. The number of nitrogens with zero attached hydrogens (tertiary/aromatic N) is 2. The third-order valence-corrected chi connectivity index (χ3v) is 8.55. The van der Waals surface area contributed by atoms with Crippen LogP contribution in [0.5, 0.6) is 0 Å². The standard InChI is InChI=1S/C18H24BrN3O2S2/c1-18(2,3)24-17(23)22-6-4-5-11(22)16-20-9-10(21-16)12-7-13-14(25-12)8-15(19)26-13/h8-9,11-14H,4-7H2,1-3H3,(H,20,21)/t11-,12?,13?,14?/m0/s1. The normalized spacial score (nSPS) is 31.2. The van der Waals surface area contributed by atoms with E-state index in [9.17, 15) is 4.79 Å². The molecule has 4 heterocycles. The van der Waals surface area contributed by atoms with Crippen LogP contribution in [0.2, 0.25) is 0 Å². The van der Waals surface area contributed by atoms with E-state index in [1.165, 1.54) is 9.51 Å². The number of carbonyl (C=O) groups is 1. The smallest absolute Gasteiger partial charge is 0.410 e. The van der Waals surface area contributed by atoms with Crippen molar-refractivity contribution in [3.8, 4) is 0 Å². The van der Waals surface area contributed by atoms with Gasteiger partial charge in [0.05, 0.1) is 6.04 Å². The number of aromatic amines is 1. The summed E-state index contributed by atoms with van der Waals surface area (Å²) in [5.74, 6) is 0.894. The lowest BCUT2D eigenvalue weighted by Gasteiger charge is -2.27. The van der Waals surface area contributed by atoms with Crippen LogP contribution >= 0.6 is 39.5 Å². The molecule has 8 heteroatoms. The van der Waals surface area contributed by atoms with Crippen molar-refractivity contribution in [2.45, 2.75) is 67.4 Å². The van der Waals surface area contributed by atoms with E-state index in [0.717, 1.165) is 31.6 Å². The van der Waals surface area contributed by atoms with E-state index in [1.54, 1.807) is 0 Å². The summed E-state index contributed by atoms with van der Waals surface area (Å²) in [5, 5.41) is 1.68. The van der Waals surface area contributed by atoms with Gasteiger partial charge in [0.15, 0.2) is 0 Å². The molecule has 5 nitrogen and oxygen atoms in total. The van der Waals surface area contributed by atoms with E-state index >= 15 is 0 Å². The molecular weight excluding hydrogens is 434 g/mol. The molecule has 1 aromatic rings. The second kappa shape index (κ2) is 7.09. The van der Waals surface area contributed by atoms with Crippen LogP contribution in [0, 0.1) is 0 Å². The van der Waals surface area contributed by atoms with E-state index in [2.05, 4.69) is 32.0 Å². The molecule has 1 amide bonds. The third-order valence-electron chi connectivity index (χ3n) is 4.85. The van der Waals surface area contributed by atoms with E-state index in [4.69, 9.17) is 4.74 Å². The molecule has 0 aliphatic carbocycles. The Bertz CT molecular complexity index is 730. The second-order valence-corrected chi connectivity index (χ2v) is 12.1. The maximum absolute atomic E-state index is 12.5. The lowest BCUT2D eigenvalue weighted by Crippen LogP contribution is -2.36. The maximum atomic E-state index is 12.5. The van der Waals surface area contributed by atoms with E-state index in [1.807, 2.05) is 55.4 Å². The number of fused-ring (bicyclic) bond motifs is 1. The minimum atomic E-state index is -0.476. The molecule has 0 spiro atoms. The van der Waals surface area contributed by atoms with Crippen molar-refractivity contribution < 1.29 is 9.53 Å². The average molecular weight is 458 g/mol. The van der Waals surface area contributed by atoms with E-state index in [0.29, 0.717) is 15.7 Å². The van der Waals surface area contributed by atoms with Crippen LogP contribution in [0.3, 0.4) is 0 Å². The van der Waals surface area contributed by atoms with Gasteiger partial charge in [-0.05, 0) is 62.0 Å². The van der Waals surface area contributed by atoms with Gasteiger partial charge in [0.1, 0.15) is 11.4 Å². The van der Waals surface area contributed by atoms with Crippen LogP contribution < -0.4 is 0 Å². The molecule has 0 radical (unpaired) electrons. The van der Waals surface area contributed by atoms with Gasteiger partial charge in [-0.15, -0.1) is 23.5 Å². The average Bonchev–Trinajstić information content (AvgIpc) is 3.27. The van der Waals surface area contributed by atoms with Crippen LogP contribution in [0.1, 0.15) is 62.8 Å². The molecule has 3 aliphatic rings. The number of likely N-dealkylation sites (tertiary alicyclic amines) is 1. The van der Waals surface area contributed by atoms with Crippen molar-refractivity contribution in [1.29, 1.82) is 0 Å². The molecule has 3 aliphatic heterocycles. The molecular formula is C18H24BrN3O2S2. The Morgan fingerprint density at radius 3 is 3.00 bits per heavy atom. The van der Waals surface area contributed by atoms with Crippen molar-refractivity contribution in [2.24, 2.45) is 0 Å². The number of H-pyrrole nitrogens is 1. The number of halogens is 1. The van der Waals surface area contributed by atoms with Crippen LogP contribution in [0.15, 0.2) is 16.1 Å². The Labute approximate surface area is 171 Å². The van der Waals surface area contributed by atoms with Crippen molar-refractivity contribution in [1.82, 2.24) is 14.9 Å². The van der Waals surface area contributed by atoms with Crippen LogP contribution in [0.25, 0.3) is 0 Å². The number of aromatic nitrogens is 2. The zero-order valence-corrected chi connectivity index (χ0v) is 18.4. The molecule has 1 aromatic heterocycles. The lowest BCUT2D eigenvalue weighted by molar-refractivity contribution is 0.0218. The second-order valence-electron chi connectivity index (χ2n) is 8.01. The summed E-state index contributed by atoms with van der Waals surface area (Å²) in [6.45, 7) is 6.44. The highest BCUT2D eigenvalue weighted by Crippen LogP contribution is 2.55. The molecule has 0 aromatic carbocycles. The molecule has 0 bridgehead atoms. The summed E-state index contributed by atoms with van der Waals surface area (Å²) in [5.41, 5.74) is 0.705. The first-order valence-electron chi connectivity index (χ1n) is 9.04. The number of hydrogen-bond acceptors (Lipinski definition) is 5. The quantitative estimate of drug-likeness (QED) is 0.645. The van der Waals surface area contributed by atoms with Crippen LogP contribution in [-0.2, 0) is 4.74 Å². The molecule has 26 heavy (non-hydrogen) atoms. The van der Waals surface area contributed by atoms with Crippen molar-refractivity contribution in [3.63, 3.8) is 0 Å². The number of nitrogens with one attached hydrogen (secondary N) is 1. The fourth-order valence-electron chi connectivity index (χ4n) is 3.73. The Morgan fingerprint density at radius 1 is 1.46 bits per heavy atom. The number of rotatable bonds is 2. The fraction of sp³-hybridized carbons (Fsp3) is 0.667. The first-order chi connectivity index (χ1) is 12.3.